The third-order valence-electron chi connectivity index (χ3n) is 6.75. The summed E-state index contributed by atoms with van der Waals surface area (Å²) in [5.74, 6) is -4.90. The Hall–Kier alpha value is -4.65. The Morgan fingerprint density at radius 1 is 1.02 bits per heavy atom. The summed E-state index contributed by atoms with van der Waals surface area (Å²) in [7, 11) is 0. The number of alkyl halides is 7. The van der Waals surface area contributed by atoms with Gasteiger partial charge in [0.2, 0.25) is 11.8 Å². The number of aliphatic carboxylic acids is 2. The largest absolute Gasteiger partial charge is 0.490 e. The van der Waals surface area contributed by atoms with Crippen LogP contribution in [0.4, 0.5) is 32.2 Å². The highest BCUT2D eigenvalue weighted by Gasteiger charge is 2.39. The monoisotopic (exact) mass is 742 g/mol. The Labute approximate surface area is 287 Å². The van der Waals surface area contributed by atoms with E-state index in [4.69, 9.17) is 37.1 Å². The minimum absolute atomic E-state index is 0.112. The third kappa shape index (κ3) is 16.2. The summed E-state index contributed by atoms with van der Waals surface area (Å²) in [5, 5.41) is 26.0. The van der Waals surface area contributed by atoms with Gasteiger partial charge < -0.3 is 37.2 Å². The van der Waals surface area contributed by atoms with E-state index in [0.717, 1.165) is 29.7 Å². The lowest BCUT2D eigenvalue weighted by molar-refractivity contribution is -0.193. The highest BCUT2D eigenvalue weighted by Crippen LogP contribution is 2.20. The summed E-state index contributed by atoms with van der Waals surface area (Å²) >= 11 is 5.66. The maximum atomic E-state index is 12.8. The molecule has 1 aliphatic rings. The molecule has 8 N–H and O–H groups in total. The normalized spacial score (nSPS) is 16.0. The summed E-state index contributed by atoms with van der Waals surface area (Å²) < 4.78 is 63.5. The van der Waals surface area contributed by atoms with Crippen LogP contribution in [0.2, 0.25) is 0 Å². The summed E-state index contributed by atoms with van der Waals surface area (Å²) in [6.07, 6.45) is -8.03. The van der Waals surface area contributed by atoms with Crippen molar-refractivity contribution in [3.05, 3.63) is 58.8 Å². The maximum Gasteiger partial charge on any atom is 0.490 e. The molecule has 0 radical (unpaired) electrons. The minimum Gasteiger partial charge on any atom is -0.475 e. The zero-order chi connectivity index (χ0) is 38.2. The number of aromatic nitrogens is 1. The first-order valence-electron chi connectivity index (χ1n) is 14.7. The molecule has 0 bridgehead atoms. The second-order valence-electron chi connectivity index (χ2n) is 10.8. The molecule has 50 heavy (non-hydrogen) atoms. The molecule has 1 aromatic heterocycles. The van der Waals surface area contributed by atoms with E-state index in [-0.39, 0.29) is 29.7 Å². The second kappa shape index (κ2) is 20.1. The molecule has 278 valence electrons. The van der Waals surface area contributed by atoms with Crippen molar-refractivity contribution >= 4 is 47.1 Å². The average Bonchev–Trinajstić information content (AvgIpc) is 3.49. The minimum atomic E-state index is -5.08. The number of nitrogen functional groups attached to an aromatic ring is 1. The lowest BCUT2D eigenvalue weighted by Crippen LogP contribution is -2.50. The van der Waals surface area contributed by atoms with Crippen molar-refractivity contribution in [3.63, 3.8) is 0 Å². The fraction of sp³-hybridized carbons (Fsp3) is 0.467. The van der Waals surface area contributed by atoms with Crippen LogP contribution in [0.1, 0.15) is 46.9 Å². The number of hydrogen-bond acceptors (Lipinski definition) is 8. The van der Waals surface area contributed by atoms with Gasteiger partial charge in [0, 0.05) is 30.2 Å². The SMILES string of the molecule is Cc1nc(N)ccc1CNC(=O)[C@H](C)NC(=O)[C@H]1C[C@H](Cc2cccc(C(=O)NCCCCl)c2)CN1.O=C(O)C(F)(F)F.O=C(O)C(F)(F)F. The summed E-state index contributed by atoms with van der Waals surface area (Å²) in [6.45, 7) is 5.04. The molecule has 2 heterocycles. The van der Waals surface area contributed by atoms with Gasteiger partial charge in [-0.1, -0.05) is 18.2 Å². The quantitative estimate of drug-likeness (QED) is 0.102. The number of pyridine rings is 1. The van der Waals surface area contributed by atoms with E-state index >= 15 is 0 Å². The number of nitrogens with zero attached hydrogens (tertiary/aromatic N) is 1. The fourth-order valence-electron chi connectivity index (χ4n) is 4.22. The van der Waals surface area contributed by atoms with E-state index in [9.17, 15) is 40.7 Å². The Morgan fingerprint density at radius 2 is 1.62 bits per heavy atom. The van der Waals surface area contributed by atoms with Crippen molar-refractivity contribution in [1.29, 1.82) is 0 Å². The van der Waals surface area contributed by atoms with Gasteiger partial charge >= 0.3 is 24.3 Å². The number of amides is 3. The number of nitrogens with one attached hydrogen (secondary N) is 4. The Balaban J connectivity index is 0.000000748. The molecule has 1 fully saturated rings. The highest BCUT2D eigenvalue weighted by atomic mass is 35.5. The van der Waals surface area contributed by atoms with Gasteiger partial charge in [-0.3, -0.25) is 14.4 Å². The van der Waals surface area contributed by atoms with Crippen LogP contribution in [0, 0.1) is 12.8 Å². The van der Waals surface area contributed by atoms with Crippen LogP contribution in [0.5, 0.6) is 0 Å². The Kier molecular flexibility index (Phi) is 17.5. The van der Waals surface area contributed by atoms with Crippen molar-refractivity contribution in [2.75, 3.05) is 24.7 Å². The molecule has 20 heteroatoms. The maximum absolute atomic E-state index is 12.8. The molecule has 0 unspecified atom stereocenters. The van der Waals surface area contributed by atoms with Crippen molar-refractivity contribution in [2.45, 2.75) is 64.1 Å². The molecule has 0 saturated carbocycles. The van der Waals surface area contributed by atoms with Crippen LogP contribution in [0.25, 0.3) is 0 Å². The molecular weight excluding hydrogens is 706 g/mol. The number of rotatable bonds is 11. The third-order valence-corrected chi connectivity index (χ3v) is 7.02. The number of anilines is 1. The van der Waals surface area contributed by atoms with Crippen LogP contribution in [0.15, 0.2) is 36.4 Å². The number of carbonyl (C=O) groups is 5. The topological polar surface area (TPSA) is 213 Å². The summed E-state index contributed by atoms with van der Waals surface area (Å²) in [6, 6.07) is 10.0. The Bertz CT molecular complexity index is 1450. The number of carboxylic acids is 2. The van der Waals surface area contributed by atoms with E-state index in [2.05, 4.69) is 26.3 Å². The van der Waals surface area contributed by atoms with Gasteiger partial charge in [-0.25, -0.2) is 14.6 Å². The zero-order valence-corrected chi connectivity index (χ0v) is 27.5. The van der Waals surface area contributed by atoms with E-state index in [1.807, 2.05) is 31.2 Å². The molecule has 1 aliphatic heterocycles. The molecule has 3 amide bonds. The molecule has 3 rings (SSSR count). The average molecular weight is 743 g/mol. The van der Waals surface area contributed by atoms with Crippen LogP contribution in [-0.2, 0) is 32.1 Å². The van der Waals surface area contributed by atoms with E-state index in [1.165, 1.54) is 0 Å². The van der Waals surface area contributed by atoms with Crippen LogP contribution < -0.4 is 27.0 Å². The van der Waals surface area contributed by atoms with Crippen molar-refractivity contribution in [3.8, 4) is 0 Å². The second-order valence-corrected chi connectivity index (χ2v) is 11.2. The Morgan fingerprint density at radius 3 is 2.16 bits per heavy atom. The number of nitrogens with two attached hydrogens (primary N) is 1. The van der Waals surface area contributed by atoms with Crippen molar-refractivity contribution in [2.24, 2.45) is 5.92 Å². The van der Waals surface area contributed by atoms with Gasteiger partial charge in [-0.15, -0.1) is 11.6 Å². The van der Waals surface area contributed by atoms with Gasteiger partial charge in [-0.05, 0) is 74.9 Å². The molecule has 0 aliphatic carbocycles. The van der Waals surface area contributed by atoms with Crippen molar-refractivity contribution < 1.29 is 60.5 Å². The summed E-state index contributed by atoms with van der Waals surface area (Å²) in [4.78, 5) is 59.5. The molecule has 1 saturated heterocycles. The first kappa shape index (κ1) is 43.4. The number of benzene rings is 1. The number of aryl methyl sites for hydroxylation is 1. The lowest BCUT2D eigenvalue weighted by Gasteiger charge is -2.17. The molecule has 3 atom stereocenters. The van der Waals surface area contributed by atoms with Crippen LogP contribution in [-0.4, -0.2) is 88.3 Å². The van der Waals surface area contributed by atoms with E-state index in [1.54, 1.807) is 19.1 Å². The van der Waals surface area contributed by atoms with Gasteiger partial charge in [0.1, 0.15) is 11.9 Å². The molecule has 13 nitrogen and oxygen atoms in total. The first-order valence-corrected chi connectivity index (χ1v) is 15.3. The standard InChI is InChI=1S/C26H35ClN6O3.2C2HF3O2/c1-16-21(7-8-23(28)32-16)15-31-24(34)17(2)33-26(36)22-13-19(14-30-22)11-18-5-3-6-20(12-18)25(35)29-10-4-9-27;2*3-2(4,5)1(6)7/h3,5-8,12,17,19,22,30H,4,9-11,13-15H2,1-2H3,(H2,28,32)(H,29,35)(H,31,34)(H,33,36);2*(H,6,7)/t17-,19-,22+;;/m0../s1. The predicted molar refractivity (Wildman–Crippen MR) is 168 cm³/mol. The van der Waals surface area contributed by atoms with Crippen LogP contribution >= 0.6 is 11.6 Å². The number of carbonyl (C=O) groups excluding carboxylic acids is 3. The smallest absolute Gasteiger partial charge is 0.475 e. The highest BCUT2D eigenvalue weighted by molar-refractivity contribution is 6.17. The lowest BCUT2D eigenvalue weighted by atomic mass is 9.95. The van der Waals surface area contributed by atoms with Crippen molar-refractivity contribution in [1.82, 2.24) is 26.3 Å². The van der Waals surface area contributed by atoms with E-state index in [0.29, 0.717) is 43.3 Å². The van der Waals surface area contributed by atoms with Crippen LogP contribution in [0.3, 0.4) is 0 Å². The van der Waals surface area contributed by atoms with Gasteiger partial charge in [0.25, 0.3) is 5.91 Å². The predicted octanol–water partition coefficient (Wildman–Crippen LogP) is 2.94. The van der Waals surface area contributed by atoms with Gasteiger partial charge in [0.05, 0.1) is 6.04 Å². The molecule has 1 aromatic carbocycles. The first-order chi connectivity index (χ1) is 23.1. The fourth-order valence-corrected chi connectivity index (χ4v) is 4.35. The van der Waals surface area contributed by atoms with Gasteiger partial charge in [-0.2, -0.15) is 26.3 Å². The number of carboxylic acid groups (broad SMARTS) is 2. The van der Waals surface area contributed by atoms with E-state index < -0.39 is 30.3 Å². The summed E-state index contributed by atoms with van der Waals surface area (Å²) in [5.41, 5.74) is 8.96. The molecule has 2 aromatic rings. The zero-order valence-electron chi connectivity index (χ0n) is 26.8. The molecular formula is C30H37ClF6N6O7. The number of hydrogen-bond donors (Lipinski definition) is 7. The molecule has 0 spiro atoms. The number of halogens is 7. The van der Waals surface area contributed by atoms with Gasteiger partial charge in [0.15, 0.2) is 0 Å².